The lowest BCUT2D eigenvalue weighted by molar-refractivity contribution is -0.140. The largest absolute Gasteiger partial charge is 0.463 e. The molecular weight excluding hydrogens is 236 g/mol. The van der Waals surface area contributed by atoms with Crippen molar-refractivity contribution in [2.24, 2.45) is 0 Å². The van der Waals surface area contributed by atoms with Gasteiger partial charge in [-0.3, -0.25) is 0 Å². The van der Waals surface area contributed by atoms with Crippen molar-refractivity contribution in [3.05, 3.63) is 12.2 Å². The first-order chi connectivity index (χ1) is 8.70. The van der Waals surface area contributed by atoms with Gasteiger partial charge in [0.1, 0.15) is 0 Å². The number of ether oxygens (including phenoxy) is 2. The van der Waals surface area contributed by atoms with Gasteiger partial charge in [-0.15, -0.1) is 0 Å². The quantitative estimate of drug-likeness (QED) is 0.366. The maximum absolute atomic E-state index is 11.2. The number of aliphatic hydroxyl groups excluding tert-OH is 1. The minimum absolute atomic E-state index is 0.0310. The third-order valence-corrected chi connectivity index (χ3v) is 2.14. The van der Waals surface area contributed by atoms with Crippen LogP contribution in [0.2, 0.25) is 0 Å². The van der Waals surface area contributed by atoms with Crippen LogP contribution in [0.25, 0.3) is 0 Å². The zero-order valence-corrected chi connectivity index (χ0v) is 10.9. The van der Waals surface area contributed by atoms with Crippen LogP contribution in [0, 0.1) is 0 Å². The maximum Gasteiger partial charge on any atom is 0.331 e. The molecule has 0 rings (SSSR count). The molecule has 1 N–H and O–H groups in total. The summed E-state index contributed by atoms with van der Waals surface area (Å²) in [5.41, 5.74) is 0. The molecule has 5 heteroatoms. The highest BCUT2D eigenvalue weighted by atomic mass is 16.5. The maximum atomic E-state index is 11.2. The van der Waals surface area contributed by atoms with Crippen LogP contribution in [0.3, 0.4) is 0 Å². The minimum atomic E-state index is -0.605. The van der Waals surface area contributed by atoms with Gasteiger partial charge in [0.05, 0.1) is 13.2 Å². The SMILES string of the molecule is CCCCCCOC(=O)/C=C\C(=O)OCCCO. The van der Waals surface area contributed by atoms with Gasteiger partial charge in [0.25, 0.3) is 0 Å². The first-order valence-electron chi connectivity index (χ1n) is 6.33. The van der Waals surface area contributed by atoms with Crippen molar-refractivity contribution in [2.75, 3.05) is 19.8 Å². The average Bonchev–Trinajstić information content (AvgIpc) is 2.36. The molecular formula is C13H22O5. The van der Waals surface area contributed by atoms with E-state index in [1.54, 1.807) is 0 Å². The summed E-state index contributed by atoms with van der Waals surface area (Å²) in [7, 11) is 0. The molecule has 0 bridgehead atoms. The fraction of sp³-hybridized carbons (Fsp3) is 0.692. The predicted molar refractivity (Wildman–Crippen MR) is 66.9 cm³/mol. The van der Waals surface area contributed by atoms with E-state index in [9.17, 15) is 9.59 Å². The Balaban J connectivity index is 3.57. The molecule has 0 aliphatic carbocycles. The van der Waals surface area contributed by atoms with Gasteiger partial charge in [0, 0.05) is 25.2 Å². The molecule has 0 atom stereocenters. The molecule has 0 aliphatic heterocycles. The highest BCUT2D eigenvalue weighted by Gasteiger charge is 2.00. The summed E-state index contributed by atoms with van der Waals surface area (Å²) in [5, 5.41) is 8.47. The second-order valence-electron chi connectivity index (χ2n) is 3.81. The summed E-state index contributed by atoms with van der Waals surface area (Å²) < 4.78 is 9.59. The molecule has 0 heterocycles. The monoisotopic (exact) mass is 258 g/mol. The predicted octanol–water partition coefficient (Wildman–Crippen LogP) is 1.59. The van der Waals surface area contributed by atoms with Crippen molar-refractivity contribution < 1.29 is 24.2 Å². The van der Waals surface area contributed by atoms with Crippen LogP contribution in [0.1, 0.15) is 39.0 Å². The number of carbonyl (C=O) groups excluding carboxylic acids is 2. The molecule has 0 aromatic rings. The number of esters is 2. The van der Waals surface area contributed by atoms with E-state index in [1.165, 1.54) is 0 Å². The summed E-state index contributed by atoms with van der Waals surface area (Å²) in [6, 6.07) is 0. The fourth-order valence-corrected chi connectivity index (χ4v) is 1.17. The minimum Gasteiger partial charge on any atom is -0.463 e. The van der Waals surface area contributed by atoms with E-state index in [0.29, 0.717) is 13.0 Å². The molecule has 0 saturated carbocycles. The lowest BCUT2D eigenvalue weighted by Gasteiger charge is -2.01. The Labute approximate surface area is 108 Å². The van der Waals surface area contributed by atoms with Crippen molar-refractivity contribution in [3.63, 3.8) is 0 Å². The number of rotatable bonds is 10. The Morgan fingerprint density at radius 1 is 0.944 bits per heavy atom. The van der Waals surface area contributed by atoms with E-state index in [0.717, 1.165) is 37.8 Å². The summed E-state index contributed by atoms with van der Waals surface area (Å²) in [4.78, 5) is 22.2. The van der Waals surface area contributed by atoms with Gasteiger partial charge >= 0.3 is 11.9 Å². The highest BCUT2D eigenvalue weighted by molar-refractivity contribution is 5.91. The first-order valence-corrected chi connectivity index (χ1v) is 6.33. The van der Waals surface area contributed by atoms with E-state index in [-0.39, 0.29) is 13.2 Å². The van der Waals surface area contributed by atoms with Gasteiger partial charge in [0.2, 0.25) is 0 Å². The van der Waals surface area contributed by atoms with Gasteiger partial charge in [-0.1, -0.05) is 26.2 Å². The summed E-state index contributed by atoms with van der Waals surface area (Å²) in [6.45, 7) is 2.60. The molecule has 0 radical (unpaired) electrons. The van der Waals surface area contributed by atoms with Crippen LogP contribution in [-0.4, -0.2) is 36.9 Å². The lowest BCUT2D eigenvalue weighted by atomic mass is 10.2. The van der Waals surface area contributed by atoms with Gasteiger partial charge in [-0.2, -0.15) is 0 Å². The Morgan fingerprint density at radius 2 is 1.50 bits per heavy atom. The Kier molecular flexibility index (Phi) is 11.2. The van der Waals surface area contributed by atoms with E-state index >= 15 is 0 Å². The second-order valence-corrected chi connectivity index (χ2v) is 3.81. The summed E-state index contributed by atoms with van der Waals surface area (Å²) in [5.74, 6) is -1.14. The van der Waals surface area contributed by atoms with E-state index in [2.05, 4.69) is 6.92 Å². The van der Waals surface area contributed by atoms with Crippen LogP contribution in [-0.2, 0) is 19.1 Å². The van der Waals surface area contributed by atoms with Gasteiger partial charge < -0.3 is 14.6 Å². The fourth-order valence-electron chi connectivity index (χ4n) is 1.17. The normalized spacial score (nSPS) is 10.6. The lowest BCUT2D eigenvalue weighted by Crippen LogP contribution is -2.06. The van der Waals surface area contributed by atoms with E-state index < -0.39 is 11.9 Å². The molecule has 0 aliphatic rings. The van der Waals surface area contributed by atoms with Crippen molar-refractivity contribution in [2.45, 2.75) is 39.0 Å². The number of carbonyl (C=O) groups is 2. The summed E-state index contributed by atoms with van der Waals surface area (Å²) >= 11 is 0. The molecule has 18 heavy (non-hydrogen) atoms. The van der Waals surface area contributed by atoms with Crippen LogP contribution in [0.4, 0.5) is 0 Å². The second kappa shape index (κ2) is 12.1. The van der Waals surface area contributed by atoms with Crippen LogP contribution < -0.4 is 0 Å². The Morgan fingerprint density at radius 3 is 2.00 bits per heavy atom. The number of aliphatic hydroxyl groups is 1. The van der Waals surface area contributed by atoms with E-state index in [1.807, 2.05) is 0 Å². The highest BCUT2D eigenvalue weighted by Crippen LogP contribution is 1.99. The van der Waals surface area contributed by atoms with Crippen molar-refractivity contribution in [3.8, 4) is 0 Å². The average molecular weight is 258 g/mol. The molecule has 0 spiro atoms. The third kappa shape index (κ3) is 11.1. The molecule has 0 aromatic carbocycles. The molecule has 5 nitrogen and oxygen atoms in total. The zero-order chi connectivity index (χ0) is 13.6. The molecule has 0 amide bonds. The Bertz CT molecular complexity index is 260. The standard InChI is InChI=1S/C13H22O5/c1-2-3-4-5-10-17-12(15)7-8-13(16)18-11-6-9-14/h7-8,14H,2-6,9-11H2,1H3/b8-7-. The zero-order valence-electron chi connectivity index (χ0n) is 10.9. The topological polar surface area (TPSA) is 72.8 Å². The molecule has 104 valence electrons. The van der Waals surface area contributed by atoms with Gasteiger partial charge in [0.15, 0.2) is 0 Å². The number of unbranched alkanes of at least 4 members (excludes halogenated alkanes) is 3. The Hall–Kier alpha value is -1.36. The van der Waals surface area contributed by atoms with E-state index in [4.69, 9.17) is 14.6 Å². The molecule has 0 unspecified atom stereocenters. The summed E-state index contributed by atoms with van der Waals surface area (Å²) in [6.07, 6.45) is 6.62. The van der Waals surface area contributed by atoms with Crippen molar-refractivity contribution in [1.82, 2.24) is 0 Å². The molecule has 0 fully saturated rings. The number of hydrogen-bond donors (Lipinski definition) is 1. The first kappa shape index (κ1) is 16.6. The van der Waals surface area contributed by atoms with Crippen molar-refractivity contribution in [1.29, 1.82) is 0 Å². The molecule has 0 aromatic heterocycles. The van der Waals surface area contributed by atoms with Crippen LogP contribution in [0.5, 0.6) is 0 Å². The number of hydrogen-bond acceptors (Lipinski definition) is 5. The van der Waals surface area contributed by atoms with Crippen LogP contribution in [0.15, 0.2) is 12.2 Å². The van der Waals surface area contributed by atoms with Gasteiger partial charge in [-0.05, 0) is 6.42 Å². The van der Waals surface area contributed by atoms with Crippen molar-refractivity contribution >= 4 is 11.9 Å². The van der Waals surface area contributed by atoms with Crippen LogP contribution >= 0.6 is 0 Å². The molecule has 0 saturated heterocycles. The van der Waals surface area contributed by atoms with Gasteiger partial charge in [-0.25, -0.2) is 9.59 Å². The smallest absolute Gasteiger partial charge is 0.331 e. The third-order valence-electron chi connectivity index (χ3n) is 2.14.